The van der Waals surface area contributed by atoms with E-state index >= 15 is 0 Å². The van der Waals surface area contributed by atoms with Crippen LogP contribution in [0.25, 0.3) is 0 Å². The molecule has 0 atom stereocenters. The molecule has 0 bridgehead atoms. The van der Waals surface area contributed by atoms with Crippen molar-refractivity contribution in [3.63, 3.8) is 0 Å². The van der Waals surface area contributed by atoms with Crippen molar-refractivity contribution in [3.05, 3.63) is 42.0 Å². The molecule has 0 fully saturated rings. The van der Waals surface area contributed by atoms with E-state index in [0.29, 0.717) is 10.7 Å². The highest BCUT2D eigenvalue weighted by molar-refractivity contribution is 7.99. The third-order valence-corrected chi connectivity index (χ3v) is 3.04. The lowest BCUT2D eigenvalue weighted by atomic mass is 10.2. The van der Waals surface area contributed by atoms with E-state index in [-0.39, 0.29) is 24.0 Å². The number of nitrogens with zero attached hydrogens (tertiary/aromatic N) is 2. The van der Waals surface area contributed by atoms with Crippen molar-refractivity contribution >= 4 is 17.7 Å². The van der Waals surface area contributed by atoms with Crippen LogP contribution in [0.3, 0.4) is 0 Å². The van der Waals surface area contributed by atoms with Crippen molar-refractivity contribution in [3.8, 4) is 0 Å². The van der Waals surface area contributed by atoms with Gasteiger partial charge >= 0.3 is 0 Å². The molecule has 0 aliphatic carbocycles. The summed E-state index contributed by atoms with van der Waals surface area (Å²) in [6.07, 6.45) is 1.37. The average Bonchev–Trinajstić information content (AvgIpc) is 2.88. The number of amides is 1. The summed E-state index contributed by atoms with van der Waals surface area (Å²) >= 11 is 1.24. The van der Waals surface area contributed by atoms with E-state index in [0.717, 1.165) is 0 Å². The summed E-state index contributed by atoms with van der Waals surface area (Å²) in [6.45, 7) is 0.183. The van der Waals surface area contributed by atoms with Gasteiger partial charge in [-0.2, -0.15) is 5.10 Å². The largest absolute Gasteiger partial charge is 0.351 e. The van der Waals surface area contributed by atoms with Gasteiger partial charge in [0.25, 0.3) is 0 Å². The van der Waals surface area contributed by atoms with E-state index in [1.54, 1.807) is 18.2 Å². The second-order valence-electron chi connectivity index (χ2n) is 3.45. The summed E-state index contributed by atoms with van der Waals surface area (Å²) in [6, 6.07) is 6.35. The first-order valence-electron chi connectivity index (χ1n) is 5.24. The van der Waals surface area contributed by atoms with Crippen molar-refractivity contribution < 1.29 is 9.18 Å². The Hall–Kier alpha value is -1.89. The predicted octanol–water partition coefficient (Wildman–Crippen LogP) is 1.35. The topological polar surface area (TPSA) is 70.7 Å². The molecular formula is C11H11FN4OS. The number of aromatic nitrogens is 3. The highest BCUT2D eigenvalue weighted by atomic mass is 32.2. The number of aromatic amines is 1. The molecule has 1 amide bonds. The number of nitrogens with one attached hydrogen (secondary N) is 2. The smallest absolute Gasteiger partial charge is 0.230 e. The summed E-state index contributed by atoms with van der Waals surface area (Å²) in [5.74, 6) is -0.288. The minimum atomic E-state index is -0.319. The van der Waals surface area contributed by atoms with Gasteiger partial charge in [-0.15, -0.1) is 0 Å². The Morgan fingerprint density at radius 2 is 2.28 bits per heavy atom. The van der Waals surface area contributed by atoms with Gasteiger partial charge in [0.05, 0.1) is 5.75 Å². The average molecular weight is 266 g/mol. The Balaban J connectivity index is 1.77. The van der Waals surface area contributed by atoms with Gasteiger partial charge < -0.3 is 5.32 Å². The van der Waals surface area contributed by atoms with E-state index in [1.807, 2.05) is 0 Å². The Morgan fingerprint density at radius 3 is 3.00 bits per heavy atom. The maximum atomic E-state index is 13.3. The zero-order chi connectivity index (χ0) is 12.8. The van der Waals surface area contributed by atoms with E-state index in [4.69, 9.17) is 0 Å². The molecule has 2 aromatic rings. The number of carbonyl (C=O) groups excluding carboxylic acids is 1. The number of hydrogen-bond donors (Lipinski definition) is 2. The van der Waals surface area contributed by atoms with Crippen molar-refractivity contribution in [2.75, 3.05) is 5.75 Å². The van der Waals surface area contributed by atoms with Crippen LogP contribution in [0.2, 0.25) is 0 Å². The van der Waals surface area contributed by atoms with Gasteiger partial charge in [-0.1, -0.05) is 30.0 Å². The molecule has 7 heteroatoms. The first kappa shape index (κ1) is 12.6. The number of carbonyl (C=O) groups is 1. The van der Waals surface area contributed by atoms with Gasteiger partial charge in [-0.3, -0.25) is 9.89 Å². The predicted molar refractivity (Wildman–Crippen MR) is 65.4 cm³/mol. The van der Waals surface area contributed by atoms with Crippen molar-refractivity contribution in [1.82, 2.24) is 20.5 Å². The van der Waals surface area contributed by atoms with Gasteiger partial charge in [0, 0.05) is 12.1 Å². The van der Waals surface area contributed by atoms with Crippen LogP contribution in [-0.4, -0.2) is 26.8 Å². The van der Waals surface area contributed by atoms with Crippen LogP contribution in [0, 0.1) is 5.82 Å². The minimum Gasteiger partial charge on any atom is -0.351 e. The highest BCUT2D eigenvalue weighted by Gasteiger charge is 2.06. The molecule has 5 nitrogen and oxygen atoms in total. The number of rotatable bonds is 5. The molecule has 0 aliphatic rings. The van der Waals surface area contributed by atoms with E-state index in [9.17, 15) is 9.18 Å². The molecule has 1 aromatic heterocycles. The standard InChI is InChI=1S/C11H11FN4OS/c12-9-4-2-1-3-8(9)5-13-10(17)6-18-11-14-7-15-16-11/h1-4,7H,5-6H2,(H,13,17)(H,14,15,16). The Kier molecular flexibility index (Phi) is 4.30. The molecule has 94 valence electrons. The summed E-state index contributed by atoms with van der Waals surface area (Å²) in [5.41, 5.74) is 0.468. The Bertz CT molecular complexity index is 518. The molecule has 0 unspecified atom stereocenters. The summed E-state index contributed by atoms with van der Waals surface area (Å²) in [7, 11) is 0. The van der Waals surface area contributed by atoms with Crippen LogP contribution in [0.1, 0.15) is 5.56 Å². The molecular weight excluding hydrogens is 255 g/mol. The number of halogens is 1. The summed E-state index contributed by atoms with van der Waals surface area (Å²) in [4.78, 5) is 15.4. The van der Waals surface area contributed by atoms with Crippen molar-refractivity contribution in [1.29, 1.82) is 0 Å². The van der Waals surface area contributed by atoms with Crippen LogP contribution in [0.15, 0.2) is 35.7 Å². The monoisotopic (exact) mass is 266 g/mol. The maximum absolute atomic E-state index is 13.3. The van der Waals surface area contributed by atoms with Gasteiger partial charge in [0.1, 0.15) is 12.1 Å². The summed E-state index contributed by atoms with van der Waals surface area (Å²) in [5, 5.41) is 9.52. The zero-order valence-corrected chi connectivity index (χ0v) is 10.2. The van der Waals surface area contributed by atoms with E-state index < -0.39 is 0 Å². The van der Waals surface area contributed by atoms with Crippen molar-refractivity contribution in [2.45, 2.75) is 11.7 Å². The first-order valence-corrected chi connectivity index (χ1v) is 6.22. The second-order valence-corrected chi connectivity index (χ2v) is 4.41. The molecule has 0 saturated heterocycles. The fourth-order valence-electron chi connectivity index (χ4n) is 1.28. The number of H-pyrrole nitrogens is 1. The third-order valence-electron chi connectivity index (χ3n) is 2.17. The summed E-state index contributed by atoms with van der Waals surface area (Å²) < 4.78 is 13.3. The lowest BCUT2D eigenvalue weighted by Gasteiger charge is -2.05. The maximum Gasteiger partial charge on any atom is 0.230 e. The van der Waals surface area contributed by atoms with Gasteiger partial charge in [0.2, 0.25) is 5.91 Å². The quantitative estimate of drug-likeness (QED) is 0.801. The van der Waals surface area contributed by atoms with Gasteiger partial charge in [0.15, 0.2) is 5.16 Å². The van der Waals surface area contributed by atoms with E-state index in [1.165, 1.54) is 24.2 Å². The molecule has 0 aliphatic heterocycles. The molecule has 0 saturated carbocycles. The number of thioether (sulfide) groups is 1. The van der Waals surface area contributed by atoms with Crippen LogP contribution in [0.5, 0.6) is 0 Å². The minimum absolute atomic E-state index is 0.181. The molecule has 1 aromatic carbocycles. The lowest BCUT2D eigenvalue weighted by molar-refractivity contribution is -0.118. The molecule has 2 rings (SSSR count). The normalized spacial score (nSPS) is 10.3. The lowest BCUT2D eigenvalue weighted by Crippen LogP contribution is -2.25. The fourth-order valence-corrected chi connectivity index (χ4v) is 1.89. The molecule has 0 radical (unpaired) electrons. The third kappa shape index (κ3) is 3.56. The number of hydrogen-bond acceptors (Lipinski definition) is 4. The van der Waals surface area contributed by atoms with Crippen molar-refractivity contribution in [2.24, 2.45) is 0 Å². The highest BCUT2D eigenvalue weighted by Crippen LogP contribution is 2.10. The fraction of sp³-hybridized carbons (Fsp3) is 0.182. The number of benzene rings is 1. The Labute approximate surface area is 107 Å². The van der Waals surface area contributed by atoms with Gasteiger partial charge in [-0.25, -0.2) is 9.37 Å². The molecule has 1 heterocycles. The van der Waals surface area contributed by atoms with E-state index in [2.05, 4.69) is 20.5 Å². The SMILES string of the molecule is O=C(CSc1ncn[nH]1)NCc1ccccc1F. The molecule has 18 heavy (non-hydrogen) atoms. The molecule has 2 N–H and O–H groups in total. The van der Waals surface area contributed by atoms with Crippen LogP contribution in [0.4, 0.5) is 4.39 Å². The van der Waals surface area contributed by atoms with Crippen LogP contribution < -0.4 is 5.32 Å². The van der Waals surface area contributed by atoms with Gasteiger partial charge in [-0.05, 0) is 6.07 Å². The second kappa shape index (κ2) is 6.15. The zero-order valence-electron chi connectivity index (χ0n) is 9.39. The van der Waals surface area contributed by atoms with Crippen LogP contribution >= 0.6 is 11.8 Å². The first-order chi connectivity index (χ1) is 8.75. The molecule has 0 spiro atoms. The Morgan fingerprint density at radius 1 is 1.44 bits per heavy atom. The van der Waals surface area contributed by atoms with Crippen LogP contribution in [-0.2, 0) is 11.3 Å².